The van der Waals surface area contributed by atoms with E-state index in [0.29, 0.717) is 38.5 Å². The quantitative estimate of drug-likeness (QED) is 0.308. The van der Waals surface area contributed by atoms with E-state index < -0.39 is 0 Å². The minimum absolute atomic E-state index is 0.108. The van der Waals surface area contributed by atoms with Gasteiger partial charge in [0.2, 0.25) is 0 Å². The summed E-state index contributed by atoms with van der Waals surface area (Å²) in [6.45, 7) is 4.06. The molecule has 0 amide bonds. The number of aromatic nitrogens is 1. The van der Waals surface area contributed by atoms with E-state index in [1.165, 1.54) is 0 Å². The minimum atomic E-state index is -0.272. The van der Waals surface area contributed by atoms with Gasteiger partial charge in [-0.2, -0.15) is 0 Å². The number of hydrogen-bond donors (Lipinski definition) is 0. The molecule has 5 heteroatoms. The minimum Gasteiger partial charge on any atom is -0.461 e. The van der Waals surface area contributed by atoms with Crippen molar-refractivity contribution in [3.05, 3.63) is 28.6 Å². The van der Waals surface area contributed by atoms with E-state index >= 15 is 0 Å². The number of unbranched alkanes of at least 4 members (excludes halogenated alkanes) is 4. The van der Waals surface area contributed by atoms with Crippen LogP contribution in [0.1, 0.15) is 73.8 Å². The molecule has 0 atom stereocenters. The fourth-order valence-electron chi connectivity index (χ4n) is 2.58. The van der Waals surface area contributed by atoms with Crippen molar-refractivity contribution in [3.63, 3.8) is 0 Å². The molecule has 0 N–H and O–H groups in total. The van der Waals surface area contributed by atoms with E-state index in [4.69, 9.17) is 22.3 Å². The van der Waals surface area contributed by atoms with E-state index in [9.17, 15) is 9.59 Å². The summed E-state index contributed by atoms with van der Waals surface area (Å²) in [5.41, 5.74) is 3.37. The highest BCUT2D eigenvalue weighted by molar-refractivity contribution is 5.70. The first kappa shape index (κ1) is 23.2. The monoisotopic (exact) mass is 383 g/mol. The van der Waals surface area contributed by atoms with Crippen LogP contribution in [0.2, 0.25) is 0 Å². The topological polar surface area (TPSA) is 65.5 Å². The highest BCUT2D eigenvalue weighted by atomic mass is 16.5. The molecule has 0 saturated carbocycles. The van der Waals surface area contributed by atoms with Gasteiger partial charge in [-0.1, -0.05) is 0 Å². The van der Waals surface area contributed by atoms with Crippen molar-refractivity contribution in [2.45, 2.75) is 78.4 Å². The van der Waals surface area contributed by atoms with Gasteiger partial charge in [0.25, 0.3) is 0 Å². The molecule has 1 heterocycles. The second-order valence-corrected chi connectivity index (χ2v) is 6.62. The molecular weight excluding hydrogens is 354 g/mol. The van der Waals surface area contributed by atoms with Gasteiger partial charge in [0.1, 0.15) is 13.2 Å². The van der Waals surface area contributed by atoms with Crippen LogP contribution in [0.15, 0.2) is 6.20 Å². The number of hydrogen-bond acceptors (Lipinski definition) is 5. The standard InChI is InChI=1S/C23H29NO4/c1-5-7-9-11-13-22(25)27-16-20-15-24-19(4)18(3)21(20)17-28-23(26)14-12-10-8-6-2/h1-2,15H,7-14,16-17H2,3-4H3. The molecule has 0 saturated heterocycles. The lowest BCUT2D eigenvalue weighted by Gasteiger charge is -2.15. The molecule has 0 radical (unpaired) electrons. The number of esters is 2. The fourth-order valence-corrected chi connectivity index (χ4v) is 2.58. The molecule has 1 aromatic rings. The van der Waals surface area contributed by atoms with Crippen LogP contribution in [0.4, 0.5) is 0 Å². The SMILES string of the molecule is C#CCCCCC(=O)OCc1cnc(C)c(C)c1COC(=O)CCCCC#C. The average Bonchev–Trinajstić information content (AvgIpc) is 2.68. The summed E-state index contributed by atoms with van der Waals surface area (Å²) in [6.07, 6.45) is 17.1. The van der Waals surface area contributed by atoms with E-state index in [0.717, 1.165) is 35.2 Å². The number of nitrogens with zero attached hydrogens (tertiary/aromatic N) is 1. The first-order valence-corrected chi connectivity index (χ1v) is 9.61. The fraction of sp³-hybridized carbons (Fsp3) is 0.522. The maximum absolute atomic E-state index is 11.9. The van der Waals surface area contributed by atoms with Crippen LogP contribution in [0.3, 0.4) is 0 Å². The molecule has 5 nitrogen and oxygen atoms in total. The predicted octanol–water partition coefficient (Wildman–Crippen LogP) is 4.17. The van der Waals surface area contributed by atoms with E-state index in [2.05, 4.69) is 16.8 Å². The zero-order valence-corrected chi connectivity index (χ0v) is 16.9. The number of pyridine rings is 1. The molecule has 0 unspecified atom stereocenters. The van der Waals surface area contributed by atoms with Crippen LogP contribution in [-0.2, 0) is 32.3 Å². The van der Waals surface area contributed by atoms with Crippen LogP contribution in [0.5, 0.6) is 0 Å². The third kappa shape index (κ3) is 8.73. The first-order chi connectivity index (χ1) is 13.5. The maximum atomic E-state index is 11.9. The number of carbonyl (C=O) groups excluding carboxylic acids is 2. The predicted molar refractivity (Wildman–Crippen MR) is 108 cm³/mol. The third-order valence-corrected chi connectivity index (χ3v) is 4.47. The largest absolute Gasteiger partial charge is 0.461 e. The maximum Gasteiger partial charge on any atom is 0.306 e. The molecule has 0 aliphatic rings. The summed E-state index contributed by atoms with van der Waals surface area (Å²) in [4.78, 5) is 28.2. The number of terminal acetylenes is 2. The lowest BCUT2D eigenvalue weighted by Crippen LogP contribution is -2.11. The van der Waals surface area contributed by atoms with Gasteiger partial charge in [0.15, 0.2) is 0 Å². The molecule has 0 spiro atoms. The lowest BCUT2D eigenvalue weighted by atomic mass is 10.0. The molecule has 150 valence electrons. The Bertz CT molecular complexity index is 740. The summed E-state index contributed by atoms with van der Waals surface area (Å²) < 4.78 is 10.8. The summed E-state index contributed by atoms with van der Waals surface area (Å²) in [5.74, 6) is 4.57. The van der Waals surface area contributed by atoms with Gasteiger partial charge >= 0.3 is 11.9 Å². The molecule has 0 bridgehead atoms. The van der Waals surface area contributed by atoms with Gasteiger partial charge < -0.3 is 9.47 Å². The van der Waals surface area contributed by atoms with Crippen LogP contribution in [-0.4, -0.2) is 16.9 Å². The summed E-state index contributed by atoms with van der Waals surface area (Å²) in [5, 5.41) is 0. The molecule has 28 heavy (non-hydrogen) atoms. The van der Waals surface area contributed by atoms with Gasteiger partial charge in [0, 0.05) is 48.7 Å². The molecule has 0 aliphatic heterocycles. The number of aryl methyl sites for hydroxylation is 1. The van der Waals surface area contributed by atoms with Gasteiger partial charge in [0.05, 0.1) is 0 Å². The van der Waals surface area contributed by atoms with Crippen LogP contribution in [0, 0.1) is 38.5 Å². The first-order valence-electron chi connectivity index (χ1n) is 9.61. The van der Waals surface area contributed by atoms with Crippen molar-refractivity contribution in [1.82, 2.24) is 4.98 Å². The van der Waals surface area contributed by atoms with E-state index in [1.54, 1.807) is 6.20 Å². The Hall–Kier alpha value is -2.79. The Kier molecular flexibility index (Phi) is 11.1. The van der Waals surface area contributed by atoms with E-state index in [-0.39, 0.29) is 25.2 Å². The zero-order valence-electron chi connectivity index (χ0n) is 16.9. The second-order valence-electron chi connectivity index (χ2n) is 6.62. The Morgan fingerprint density at radius 1 is 0.929 bits per heavy atom. The van der Waals surface area contributed by atoms with Crippen molar-refractivity contribution in [3.8, 4) is 24.7 Å². The van der Waals surface area contributed by atoms with Crippen LogP contribution < -0.4 is 0 Å². The Balaban J connectivity index is 2.59. The average molecular weight is 383 g/mol. The molecule has 0 fully saturated rings. The number of rotatable bonds is 12. The van der Waals surface area contributed by atoms with Crippen molar-refractivity contribution >= 4 is 11.9 Å². The van der Waals surface area contributed by atoms with Crippen molar-refractivity contribution in [2.75, 3.05) is 0 Å². The molecule has 1 aromatic heterocycles. The normalized spacial score (nSPS) is 10.0. The van der Waals surface area contributed by atoms with Crippen molar-refractivity contribution in [1.29, 1.82) is 0 Å². The van der Waals surface area contributed by atoms with Gasteiger partial charge in [-0.05, 0) is 45.1 Å². The molecule has 1 rings (SSSR count). The van der Waals surface area contributed by atoms with Gasteiger partial charge in [-0.15, -0.1) is 24.7 Å². The molecule has 0 aromatic carbocycles. The van der Waals surface area contributed by atoms with E-state index in [1.807, 2.05) is 13.8 Å². The molecular formula is C23H29NO4. The van der Waals surface area contributed by atoms with Gasteiger partial charge in [-0.3, -0.25) is 14.6 Å². The second kappa shape index (κ2) is 13.4. The Morgan fingerprint density at radius 3 is 2.00 bits per heavy atom. The third-order valence-electron chi connectivity index (χ3n) is 4.47. The highest BCUT2D eigenvalue weighted by Crippen LogP contribution is 2.19. The Morgan fingerprint density at radius 2 is 1.46 bits per heavy atom. The van der Waals surface area contributed by atoms with Crippen molar-refractivity contribution < 1.29 is 19.1 Å². The van der Waals surface area contributed by atoms with Crippen LogP contribution >= 0.6 is 0 Å². The summed E-state index contributed by atoms with van der Waals surface area (Å²) >= 11 is 0. The molecule has 0 aliphatic carbocycles. The zero-order chi connectivity index (χ0) is 20.8. The van der Waals surface area contributed by atoms with Crippen molar-refractivity contribution in [2.24, 2.45) is 0 Å². The number of ether oxygens (including phenoxy) is 2. The summed E-state index contributed by atoms with van der Waals surface area (Å²) in [6, 6.07) is 0. The van der Waals surface area contributed by atoms with Crippen LogP contribution in [0.25, 0.3) is 0 Å². The smallest absolute Gasteiger partial charge is 0.306 e. The Labute approximate surface area is 168 Å². The number of carbonyl (C=O) groups is 2. The lowest BCUT2D eigenvalue weighted by molar-refractivity contribution is -0.146. The van der Waals surface area contributed by atoms with Gasteiger partial charge in [-0.25, -0.2) is 0 Å². The summed E-state index contributed by atoms with van der Waals surface area (Å²) in [7, 11) is 0. The highest BCUT2D eigenvalue weighted by Gasteiger charge is 2.14.